The van der Waals surface area contributed by atoms with E-state index in [-0.39, 0.29) is 11.7 Å². The summed E-state index contributed by atoms with van der Waals surface area (Å²) in [5.74, 6) is 0.170. The van der Waals surface area contributed by atoms with Gasteiger partial charge in [0.15, 0.2) is 0 Å². The smallest absolute Gasteiger partial charge is 0.358 e. The van der Waals surface area contributed by atoms with Crippen LogP contribution in [0.2, 0.25) is 0 Å². The normalized spacial score (nSPS) is 14.4. The van der Waals surface area contributed by atoms with Gasteiger partial charge in [-0.2, -0.15) is 0 Å². The molecule has 0 radical (unpaired) electrons. The van der Waals surface area contributed by atoms with Gasteiger partial charge in [0.25, 0.3) is 0 Å². The maximum Gasteiger partial charge on any atom is 0.406 e. The van der Waals surface area contributed by atoms with Crippen LogP contribution >= 0.6 is 0 Å². The van der Waals surface area contributed by atoms with Gasteiger partial charge in [0.1, 0.15) is 0 Å². The first kappa shape index (κ1) is 14.1. The van der Waals surface area contributed by atoms with Crippen molar-refractivity contribution in [1.82, 2.24) is 9.55 Å². The van der Waals surface area contributed by atoms with E-state index in [2.05, 4.69) is 10.3 Å². The van der Waals surface area contributed by atoms with Crippen molar-refractivity contribution in [1.29, 1.82) is 0 Å². The van der Waals surface area contributed by atoms with Gasteiger partial charge in [-0.25, -0.2) is 0 Å². The Labute approximate surface area is 126 Å². The maximum absolute atomic E-state index is 11.8. The number of imidazole rings is 1. The van der Waals surface area contributed by atoms with Gasteiger partial charge < -0.3 is 20.3 Å². The summed E-state index contributed by atoms with van der Waals surface area (Å²) in [5, 5.41) is 14.0. The van der Waals surface area contributed by atoms with Gasteiger partial charge >= 0.3 is 5.82 Å². The summed E-state index contributed by atoms with van der Waals surface area (Å²) in [4.78, 5) is 27.7. The van der Waals surface area contributed by atoms with E-state index in [1.165, 1.54) is 6.33 Å². The van der Waals surface area contributed by atoms with Crippen LogP contribution in [-0.2, 0) is 11.8 Å². The fourth-order valence-corrected chi connectivity index (χ4v) is 2.51. The molecule has 1 saturated heterocycles. The molecule has 3 rings (SSSR count). The van der Waals surface area contributed by atoms with E-state index in [0.29, 0.717) is 24.5 Å². The second kappa shape index (κ2) is 5.47. The van der Waals surface area contributed by atoms with E-state index in [9.17, 15) is 14.9 Å². The zero-order chi connectivity index (χ0) is 15.7. The SMILES string of the molecule is Cn1cnc([N+](=O)[O-])c1Nc1cccc(N2CCCC2=O)c1. The van der Waals surface area contributed by atoms with E-state index < -0.39 is 4.92 Å². The number of hydrogen-bond donors (Lipinski definition) is 1. The molecule has 1 N–H and O–H groups in total. The van der Waals surface area contributed by atoms with Gasteiger partial charge in [0, 0.05) is 31.4 Å². The lowest BCUT2D eigenvalue weighted by molar-refractivity contribution is -0.388. The lowest BCUT2D eigenvalue weighted by atomic mass is 10.2. The number of nitrogens with zero attached hydrogens (tertiary/aromatic N) is 4. The molecule has 1 aliphatic heterocycles. The summed E-state index contributed by atoms with van der Waals surface area (Å²) >= 11 is 0. The molecule has 22 heavy (non-hydrogen) atoms. The first-order valence-electron chi connectivity index (χ1n) is 6.89. The molecule has 1 aliphatic rings. The number of aromatic nitrogens is 2. The Balaban J connectivity index is 1.89. The van der Waals surface area contributed by atoms with E-state index in [1.807, 2.05) is 12.1 Å². The Kier molecular flexibility index (Phi) is 3.50. The Morgan fingerprint density at radius 3 is 2.91 bits per heavy atom. The standard InChI is InChI=1S/C14H15N5O3/c1-17-9-15-13(19(21)22)14(17)16-10-4-2-5-11(8-10)18-7-3-6-12(18)20/h2,4-5,8-9,16H,3,6-7H2,1H3. The summed E-state index contributed by atoms with van der Waals surface area (Å²) in [5.41, 5.74) is 1.46. The molecule has 8 heteroatoms. The zero-order valence-electron chi connectivity index (χ0n) is 12.0. The second-order valence-corrected chi connectivity index (χ2v) is 5.11. The predicted octanol–water partition coefficient (Wildman–Crippen LogP) is 2.20. The van der Waals surface area contributed by atoms with Gasteiger partial charge in [0.2, 0.25) is 18.1 Å². The molecule has 1 aromatic carbocycles. The summed E-state index contributed by atoms with van der Waals surface area (Å²) < 4.78 is 1.55. The minimum Gasteiger partial charge on any atom is -0.358 e. The number of benzene rings is 1. The molecular formula is C14H15N5O3. The van der Waals surface area contributed by atoms with Crippen LogP contribution in [0, 0.1) is 10.1 Å². The van der Waals surface area contributed by atoms with Gasteiger partial charge in [-0.3, -0.25) is 9.36 Å². The average Bonchev–Trinajstić information content (AvgIpc) is 3.06. The summed E-state index contributed by atoms with van der Waals surface area (Å²) in [6.07, 6.45) is 2.79. The van der Waals surface area contributed by atoms with Crippen molar-refractivity contribution in [2.24, 2.45) is 7.05 Å². The van der Waals surface area contributed by atoms with Crippen molar-refractivity contribution in [3.63, 3.8) is 0 Å². The van der Waals surface area contributed by atoms with Crippen LogP contribution in [0.15, 0.2) is 30.6 Å². The molecule has 114 valence electrons. The minimum atomic E-state index is -0.532. The van der Waals surface area contributed by atoms with Crippen LogP contribution in [0.3, 0.4) is 0 Å². The largest absolute Gasteiger partial charge is 0.406 e. The summed E-state index contributed by atoms with van der Waals surface area (Å²) in [6.45, 7) is 0.703. The highest BCUT2D eigenvalue weighted by Crippen LogP contribution is 2.29. The molecule has 1 amide bonds. The van der Waals surface area contributed by atoms with E-state index in [0.717, 1.165) is 12.1 Å². The molecule has 2 heterocycles. The molecule has 1 fully saturated rings. The third-order valence-electron chi connectivity index (χ3n) is 3.58. The van der Waals surface area contributed by atoms with Crippen LogP contribution in [0.5, 0.6) is 0 Å². The number of anilines is 3. The van der Waals surface area contributed by atoms with Crippen LogP contribution in [0.25, 0.3) is 0 Å². The van der Waals surface area contributed by atoms with Crippen LogP contribution in [-0.4, -0.2) is 26.9 Å². The van der Waals surface area contributed by atoms with E-state index in [4.69, 9.17) is 0 Å². The molecule has 0 atom stereocenters. The fraction of sp³-hybridized carbons (Fsp3) is 0.286. The highest BCUT2D eigenvalue weighted by atomic mass is 16.6. The first-order valence-corrected chi connectivity index (χ1v) is 6.89. The number of carbonyl (C=O) groups excluding carboxylic acids is 1. The quantitative estimate of drug-likeness (QED) is 0.690. The lowest BCUT2D eigenvalue weighted by Crippen LogP contribution is -2.23. The van der Waals surface area contributed by atoms with Crippen LogP contribution in [0.4, 0.5) is 23.0 Å². The number of carbonyl (C=O) groups is 1. The van der Waals surface area contributed by atoms with E-state index in [1.54, 1.807) is 28.6 Å². The van der Waals surface area contributed by atoms with Gasteiger partial charge in [-0.05, 0) is 34.5 Å². The third kappa shape index (κ3) is 2.50. The fourth-order valence-electron chi connectivity index (χ4n) is 2.51. The van der Waals surface area contributed by atoms with Crippen molar-refractivity contribution >= 4 is 28.9 Å². The Morgan fingerprint density at radius 1 is 1.41 bits per heavy atom. The van der Waals surface area contributed by atoms with Gasteiger partial charge in [0.05, 0.1) is 0 Å². The molecule has 0 aliphatic carbocycles. The Hall–Kier alpha value is -2.90. The zero-order valence-corrected chi connectivity index (χ0v) is 12.0. The number of rotatable bonds is 4. The van der Waals surface area contributed by atoms with Crippen molar-refractivity contribution in [2.45, 2.75) is 12.8 Å². The highest BCUT2D eigenvalue weighted by Gasteiger charge is 2.23. The Bertz CT molecular complexity index is 740. The Morgan fingerprint density at radius 2 is 2.23 bits per heavy atom. The van der Waals surface area contributed by atoms with Crippen molar-refractivity contribution in [3.05, 3.63) is 40.7 Å². The third-order valence-corrected chi connectivity index (χ3v) is 3.58. The number of aryl methyl sites for hydroxylation is 1. The number of nitrogens with one attached hydrogen (secondary N) is 1. The predicted molar refractivity (Wildman–Crippen MR) is 81.2 cm³/mol. The topological polar surface area (TPSA) is 93.3 Å². The molecule has 2 aromatic rings. The maximum atomic E-state index is 11.8. The van der Waals surface area contributed by atoms with Crippen LogP contribution < -0.4 is 10.2 Å². The number of amides is 1. The molecule has 0 bridgehead atoms. The van der Waals surface area contributed by atoms with Gasteiger partial charge in [-0.1, -0.05) is 6.07 Å². The summed E-state index contributed by atoms with van der Waals surface area (Å²) in [6, 6.07) is 7.26. The highest BCUT2D eigenvalue weighted by molar-refractivity contribution is 5.95. The first-order chi connectivity index (χ1) is 10.6. The average molecular weight is 301 g/mol. The minimum absolute atomic E-state index is 0.101. The number of hydrogen-bond acceptors (Lipinski definition) is 5. The number of nitro groups is 1. The van der Waals surface area contributed by atoms with Crippen molar-refractivity contribution < 1.29 is 9.72 Å². The molecule has 0 spiro atoms. The second-order valence-electron chi connectivity index (χ2n) is 5.11. The molecule has 1 aromatic heterocycles. The monoisotopic (exact) mass is 301 g/mol. The van der Waals surface area contributed by atoms with Crippen molar-refractivity contribution in [2.75, 3.05) is 16.8 Å². The van der Waals surface area contributed by atoms with Crippen LogP contribution in [0.1, 0.15) is 12.8 Å². The summed E-state index contributed by atoms with van der Waals surface area (Å²) in [7, 11) is 1.68. The molecule has 0 unspecified atom stereocenters. The molecule has 8 nitrogen and oxygen atoms in total. The molecule has 0 saturated carbocycles. The van der Waals surface area contributed by atoms with E-state index >= 15 is 0 Å². The lowest BCUT2D eigenvalue weighted by Gasteiger charge is -2.17. The van der Waals surface area contributed by atoms with Gasteiger partial charge in [-0.15, -0.1) is 0 Å². The molecular weight excluding hydrogens is 286 g/mol. The van der Waals surface area contributed by atoms with Crippen molar-refractivity contribution in [3.8, 4) is 0 Å².